The van der Waals surface area contributed by atoms with Crippen molar-refractivity contribution in [2.24, 2.45) is 5.92 Å². The summed E-state index contributed by atoms with van der Waals surface area (Å²) in [7, 11) is 0. The van der Waals surface area contributed by atoms with Crippen molar-refractivity contribution in [1.82, 2.24) is 0 Å². The van der Waals surface area contributed by atoms with Crippen LogP contribution in [-0.4, -0.2) is 65.4 Å². The molecule has 0 fully saturated rings. The van der Waals surface area contributed by atoms with Gasteiger partial charge in [-0.2, -0.15) is 0 Å². The minimum atomic E-state index is -0.438. The minimum Gasteiger partial charge on any atom is -0.460 e. The van der Waals surface area contributed by atoms with E-state index in [4.69, 9.17) is 23.7 Å². The van der Waals surface area contributed by atoms with E-state index in [0.717, 1.165) is 12.7 Å². The predicted octanol–water partition coefficient (Wildman–Crippen LogP) is 3.00. The lowest BCUT2D eigenvalue weighted by atomic mass is 10.0. The predicted molar refractivity (Wildman–Crippen MR) is 97.7 cm³/mol. The number of unbranched alkanes of at least 4 members (excludes halogenated alkanes) is 1. The van der Waals surface area contributed by atoms with Crippen LogP contribution in [0.4, 0.5) is 0 Å². The largest absolute Gasteiger partial charge is 0.460 e. The van der Waals surface area contributed by atoms with Gasteiger partial charge in [-0.3, -0.25) is 0 Å². The third-order valence-corrected chi connectivity index (χ3v) is 3.65. The fraction of sp³-hybridized carbons (Fsp3) is 0.842. The summed E-state index contributed by atoms with van der Waals surface area (Å²) in [6.45, 7) is 12.4. The maximum absolute atomic E-state index is 10.8. The lowest BCUT2D eigenvalue weighted by Gasteiger charge is -2.14. The Bertz CT molecular complexity index is 308. The quantitative estimate of drug-likeness (QED) is 0.200. The van der Waals surface area contributed by atoms with Crippen molar-refractivity contribution >= 4 is 5.97 Å². The highest BCUT2D eigenvalue weighted by Gasteiger charge is 2.05. The molecule has 0 aliphatic carbocycles. The molecule has 0 aliphatic rings. The van der Waals surface area contributed by atoms with Gasteiger partial charge in [0.1, 0.15) is 6.61 Å². The number of ether oxygens (including phenoxy) is 5. The lowest BCUT2D eigenvalue weighted by Crippen LogP contribution is -2.15. The van der Waals surface area contributed by atoms with Crippen LogP contribution in [0.25, 0.3) is 0 Å². The van der Waals surface area contributed by atoms with Gasteiger partial charge < -0.3 is 23.7 Å². The van der Waals surface area contributed by atoms with Gasteiger partial charge in [0.25, 0.3) is 0 Å². The van der Waals surface area contributed by atoms with Crippen molar-refractivity contribution in [3.8, 4) is 0 Å². The van der Waals surface area contributed by atoms with Crippen LogP contribution in [0.15, 0.2) is 12.7 Å². The number of hydrogen-bond acceptors (Lipinski definition) is 6. The van der Waals surface area contributed by atoms with E-state index in [-0.39, 0.29) is 6.61 Å². The van der Waals surface area contributed by atoms with Crippen molar-refractivity contribution in [2.75, 3.05) is 59.5 Å². The molecule has 0 heterocycles. The van der Waals surface area contributed by atoms with Crippen molar-refractivity contribution in [1.29, 1.82) is 0 Å². The second kappa shape index (κ2) is 19.4. The summed E-state index contributed by atoms with van der Waals surface area (Å²) in [5.74, 6) is 0.232. The Labute approximate surface area is 152 Å². The third-order valence-electron chi connectivity index (χ3n) is 3.65. The second-order valence-electron chi connectivity index (χ2n) is 5.70. The van der Waals surface area contributed by atoms with E-state index in [1.165, 1.54) is 25.7 Å². The summed E-state index contributed by atoms with van der Waals surface area (Å²) >= 11 is 0. The first-order valence-electron chi connectivity index (χ1n) is 9.34. The molecule has 0 spiro atoms. The molecule has 6 heteroatoms. The van der Waals surface area contributed by atoms with E-state index in [1.807, 2.05) is 0 Å². The topological polar surface area (TPSA) is 63.2 Å². The van der Waals surface area contributed by atoms with Crippen LogP contribution in [-0.2, 0) is 28.5 Å². The molecule has 6 nitrogen and oxygen atoms in total. The summed E-state index contributed by atoms with van der Waals surface area (Å²) in [5.41, 5.74) is 0. The van der Waals surface area contributed by atoms with Crippen LogP contribution in [0.1, 0.15) is 39.5 Å². The molecule has 0 aromatic rings. The molecule has 0 aromatic carbocycles. The summed E-state index contributed by atoms with van der Waals surface area (Å²) < 4.78 is 26.5. The van der Waals surface area contributed by atoms with E-state index in [9.17, 15) is 4.79 Å². The first kappa shape index (κ1) is 24.1. The zero-order chi connectivity index (χ0) is 18.6. The highest BCUT2D eigenvalue weighted by Crippen LogP contribution is 2.12. The van der Waals surface area contributed by atoms with Crippen LogP contribution in [0.5, 0.6) is 0 Å². The molecule has 1 unspecified atom stereocenters. The van der Waals surface area contributed by atoms with Crippen LogP contribution in [0.3, 0.4) is 0 Å². The third kappa shape index (κ3) is 17.7. The molecule has 0 N–H and O–H groups in total. The molecule has 0 amide bonds. The number of rotatable bonds is 19. The van der Waals surface area contributed by atoms with Gasteiger partial charge >= 0.3 is 5.97 Å². The Morgan fingerprint density at radius 2 is 1.40 bits per heavy atom. The van der Waals surface area contributed by atoms with Crippen molar-refractivity contribution in [3.05, 3.63) is 12.7 Å². The van der Waals surface area contributed by atoms with Gasteiger partial charge in [0.05, 0.1) is 46.2 Å². The average Bonchev–Trinajstić information content (AvgIpc) is 2.64. The molecule has 0 saturated heterocycles. The van der Waals surface area contributed by atoms with Gasteiger partial charge in [-0.15, -0.1) is 0 Å². The molecule has 0 aromatic heterocycles. The van der Waals surface area contributed by atoms with E-state index >= 15 is 0 Å². The van der Waals surface area contributed by atoms with E-state index < -0.39 is 5.97 Å². The number of carbonyl (C=O) groups excluding carboxylic acids is 1. The van der Waals surface area contributed by atoms with Crippen molar-refractivity contribution < 1.29 is 28.5 Å². The van der Waals surface area contributed by atoms with Crippen molar-refractivity contribution in [3.63, 3.8) is 0 Å². The normalized spacial score (nSPS) is 12.1. The molecule has 0 bridgehead atoms. The fourth-order valence-corrected chi connectivity index (χ4v) is 2.07. The maximum Gasteiger partial charge on any atom is 0.330 e. The van der Waals surface area contributed by atoms with Gasteiger partial charge in [0.2, 0.25) is 0 Å². The Kier molecular flexibility index (Phi) is 18.6. The highest BCUT2D eigenvalue weighted by atomic mass is 16.6. The monoisotopic (exact) mass is 360 g/mol. The van der Waals surface area contributed by atoms with Gasteiger partial charge in [-0.1, -0.05) is 39.7 Å². The smallest absolute Gasteiger partial charge is 0.330 e. The second-order valence-corrected chi connectivity index (χ2v) is 5.70. The molecule has 0 aliphatic heterocycles. The van der Waals surface area contributed by atoms with Crippen LogP contribution in [0, 0.1) is 5.92 Å². The van der Waals surface area contributed by atoms with Gasteiger partial charge in [0, 0.05) is 12.7 Å². The Hall–Kier alpha value is -0.950. The molecule has 0 saturated carbocycles. The van der Waals surface area contributed by atoms with Gasteiger partial charge in [-0.25, -0.2) is 4.79 Å². The van der Waals surface area contributed by atoms with E-state index in [1.54, 1.807) is 0 Å². The average molecular weight is 360 g/mol. The number of hydrogen-bond donors (Lipinski definition) is 0. The molecule has 0 rings (SSSR count). The summed E-state index contributed by atoms with van der Waals surface area (Å²) in [6.07, 6.45) is 6.07. The Balaban J connectivity index is 3.18. The number of carbonyl (C=O) groups is 1. The summed E-state index contributed by atoms with van der Waals surface area (Å²) in [5, 5.41) is 0. The Morgan fingerprint density at radius 1 is 0.880 bits per heavy atom. The molecule has 0 radical (unpaired) electrons. The van der Waals surface area contributed by atoms with Crippen LogP contribution >= 0.6 is 0 Å². The molecule has 25 heavy (non-hydrogen) atoms. The fourth-order valence-electron chi connectivity index (χ4n) is 2.07. The molecular formula is C19H36O6. The summed E-state index contributed by atoms with van der Waals surface area (Å²) in [6, 6.07) is 0. The first-order valence-corrected chi connectivity index (χ1v) is 9.34. The molecule has 148 valence electrons. The van der Waals surface area contributed by atoms with Crippen molar-refractivity contribution in [2.45, 2.75) is 39.5 Å². The minimum absolute atomic E-state index is 0.227. The lowest BCUT2D eigenvalue weighted by molar-refractivity contribution is -0.139. The van der Waals surface area contributed by atoms with Crippen LogP contribution < -0.4 is 0 Å². The van der Waals surface area contributed by atoms with Crippen LogP contribution in [0.2, 0.25) is 0 Å². The van der Waals surface area contributed by atoms with Gasteiger partial charge in [-0.05, 0) is 12.3 Å². The maximum atomic E-state index is 10.8. The zero-order valence-electron chi connectivity index (χ0n) is 16.0. The first-order chi connectivity index (χ1) is 12.2. The van der Waals surface area contributed by atoms with Gasteiger partial charge in [0.15, 0.2) is 0 Å². The SMILES string of the molecule is C=CC(=O)OCCOCCOCCOCCOCC(CC)CCCC. The van der Waals surface area contributed by atoms with E-state index in [2.05, 4.69) is 20.4 Å². The van der Waals surface area contributed by atoms with E-state index in [0.29, 0.717) is 52.2 Å². The Morgan fingerprint density at radius 3 is 1.88 bits per heavy atom. The zero-order valence-corrected chi connectivity index (χ0v) is 16.0. The molecule has 1 atom stereocenters. The standard InChI is InChI=1S/C19H36O6/c1-4-7-8-18(5-2)17-24-14-13-22-10-9-21-11-12-23-15-16-25-19(20)6-3/h6,18H,3-5,7-17H2,1-2H3. The highest BCUT2D eigenvalue weighted by molar-refractivity contribution is 5.81. The number of esters is 1. The molecular weight excluding hydrogens is 324 g/mol. The summed E-state index contributed by atoms with van der Waals surface area (Å²) in [4.78, 5) is 10.8.